The van der Waals surface area contributed by atoms with Crippen LogP contribution in [0.5, 0.6) is 0 Å². The molecule has 0 unspecified atom stereocenters. The van der Waals surface area contributed by atoms with E-state index >= 15 is 0 Å². The zero-order chi connectivity index (χ0) is 25.5. The molecule has 1 N–H and O–H groups in total. The van der Waals surface area contributed by atoms with E-state index in [-0.39, 0.29) is 18.9 Å². The Balaban J connectivity index is 0.00000380. The molecular weight excluding hydrogens is 473 g/mol. The van der Waals surface area contributed by atoms with Gasteiger partial charge < -0.3 is 15.2 Å². The van der Waals surface area contributed by atoms with Crippen molar-refractivity contribution in [3.05, 3.63) is 107 Å². The monoisotopic (exact) mass is 501 g/mol. The molecule has 0 radical (unpaired) electrons. The van der Waals surface area contributed by atoms with Crippen molar-refractivity contribution in [2.45, 2.75) is 19.4 Å². The van der Waals surface area contributed by atoms with Crippen LogP contribution < -0.4 is 29.3 Å². The van der Waals surface area contributed by atoms with E-state index < -0.39 is 17.9 Å². The van der Waals surface area contributed by atoms with Crippen molar-refractivity contribution in [3.63, 3.8) is 0 Å². The van der Waals surface area contributed by atoms with Gasteiger partial charge in [0, 0.05) is 5.56 Å². The summed E-state index contributed by atoms with van der Waals surface area (Å²) in [6, 6.07) is 26.9. The van der Waals surface area contributed by atoms with Crippen LogP contribution in [0.3, 0.4) is 0 Å². The molecule has 4 aromatic carbocycles. The van der Waals surface area contributed by atoms with Crippen LogP contribution in [-0.2, 0) is 4.79 Å². The van der Waals surface area contributed by atoms with Gasteiger partial charge in [0.2, 0.25) is 0 Å². The molecule has 4 nitrogen and oxygen atoms in total. The number of amides is 1. The number of aliphatic carboxylic acids is 1. The molecule has 1 atom stereocenters. The number of hydrogen-bond acceptors (Lipinski definition) is 4. The number of carbonyl (C=O) groups excluding carboxylic acids is 2. The van der Waals surface area contributed by atoms with Crippen molar-refractivity contribution in [2.75, 3.05) is 12.0 Å². The Labute approximate surface area is 234 Å². The van der Waals surface area contributed by atoms with Crippen LogP contribution in [-0.4, -0.2) is 29.9 Å². The predicted octanol–water partition coefficient (Wildman–Crippen LogP) is 2.59. The van der Waals surface area contributed by atoms with Gasteiger partial charge in [-0.3, -0.25) is 4.79 Å². The van der Waals surface area contributed by atoms with Gasteiger partial charge in [-0.1, -0.05) is 84.9 Å². The van der Waals surface area contributed by atoms with Crippen LogP contribution in [0, 0.1) is 6.92 Å². The predicted molar refractivity (Wildman–Crippen MR) is 149 cm³/mol. The first kappa shape index (κ1) is 28.3. The van der Waals surface area contributed by atoms with Crippen LogP contribution >= 0.6 is 11.8 Å². The minimum absolute atomic E-state index is 0. The fourth-order valence-corrected chi connectivity index (χ4v) is 4.74. The van der Waals surface area contributed by atoms with E-state index in [4.69, 9.17) is 0 Å². The minimum Gasteiger partial charge on any atom is -0.548 e. The Morgan fingerprint density at radius 2 is 1.65 bits per heavy atom. The summed E-state index contributed by atoms with van der Waals surface area (Å²) >= 11 is 1.53. The molecule has 0 aliphatic heterocycles. The number of carboxylic acids is 1. The zero-order valence-corrected chi connectivity index (χ0v) is 22.2. The standard InChI is InChI=1S/C31H29NO3S.Li/c1-21-8-3-5-12-25(21)28-20-22(14-16-24-11-7-10-23-9-4-6-13-26(23)24)15-17-27(28)30(33)32-29(31(34)35)18-19-36-2;/h3-17,20,29H,18-19H2,1-2H3,(H,32,33)(H,34,35);/q;+1/p-1/t29-;/m0./s1. The van der Waals surface area contributed by atoms with Gasteiger partial charge in [-0.15, -0.1) is 0 Å². The third-order valence-corrected chi connectivity index (χ3v) is 6.85. The van der Waals surface area contributed by atoms with Gasteiger partial charge in [0.1, 0.15) is 0 Å². The fraction of sp³-hybridized carbons (Fsp3) is 0.161. The molecule has 0 bridgehead atoms. The quantitative estimate of drug-likeness (QED) is 0.283. The van der Waals surface area contributed by atoms with Crippen LogP contribution in [0.25, 0.3) is 34.1 Å². The molecule has 4 aromatic rings. The van der Waals surface area contributed by atoms with Gasteiger partial charge in [0.05, 0.1) is 12.0 Å². The molecule has 0 aromatic heterocycles. The molecule has 0 aliphatic carbocycles. The molecule has 0 fully saturated rings. The minimum atomic E-state index is -1.27. The summed E-state index contributed by atoms with van der Waals surface area (Å²) in [5.41, 5.74) is 5.20. The number of thioether (sulfide) groups is 1. The number of rotatable bonds is 9. The number of carbonyl (C=O) groups is 2. The second-order valence-corrected chi connectivity index (χ2v) is 9.63. The number of benzene rings is 4. The third kappa shape index (κ3) is 6.96. The summed E-state index contributed by atoms with van der Waals surface area (Å²) < 4.78 is 0. The first-order valence-corrected chi connectivity index (χ1v) is 13.2. The number of aryl methyl sites for hydroxylation is 1. The van der Waals surface area contributed by atoms with Crippen molar-refractivity contribution in [1.29, 1.82) is 0 Å². The zero-order valence-electron chi connectivity index (χ0n) is 21.4. The summed E-state index contributed by atoms with van der Waals surface area (Å²) in [7, 11) is 0. The van der Waals surface area contributed by atoms with Crippen LogP contribution in [0.4, 0.5) is 0 Å². The molecule has 6 heteroatoms. The van der Waals surface area contributed by atoms with Gasteiger partial charge in [0.15, 0.2) is 0 Å². The summed E-state index contributed by atoms with van der Waals surface area (Å²) in [6.45, 7) is 2.00. The second kappa shape index (κ2) is 13.4. The Hall–Kier alpha value is -3.23. The van der Waals surface area contributed by atoms with Crippen molar-refractivity contribution >= 4 is 46.6 Å². The van der Waals surface area contributed by atoms with E-state index in [1.807, 2.05) is 73.9 Å². The van der Waals surface area contributed by atoms with Crippen molar-refractivity contribution < 1.29 is 33.6 Å². The van der Waals surface area contributed by atoms with Crippen molar-refractivity contribution in [3.8, 4) is 11.1 Å². The molecule has 37 heavy (non-hydrogen) atoms. The van der Waals surface area contributed by atoms with E-state index in [1.165, 1.54) is 22.5 Å². The molecule has 182 valence electrons. The summed E-state index contributed by atoms with van der Waals surface area (Å²) in [5.74, 6) is -1.08. The maximum Gasteiger partial charge on any atom is 1.00 e. The Bertz CT molecular complexity index is 1430. The van der Waals surface area contributed by atoms with E-state index in [0.717, 1.165) is 27.8 Å². The molecule has 0 saturated heterocycles. The molecule has 0 heterocycles. The van der Waals surface area contributed by atoms with E-state index in [0.29, 0.717) is 17.7 Å². The Morgan fingerprint density at radius 3 is 2.41 bits per heavy atom. The first-order valence-electron chi connectivity index (χ1n) is 11.8. The van der Waals surface area contributed by atoms with E-state index in [2.05, 4.69) is 35.7 Å². The molecule has 0 aliphatic rings. The largest absolute Gasteiger partial charge is 1.00 e. The second-order valence-electron chi connectivity index (χ2n) is 8.65. The number of carboxylic acid groups (broad SMARTS) is 1. The van der Waals surface area contributed by atoms with Gasteiger partial charge >= 0.3 is 18.9 Å². The number of nitrogens with one attached hydrogen (secondary N) is 1. The maximum absolute atomic E-state index is 13.2. The summed E-state index contributed by atoms with van der Waals surface area (Å²) in [5, 5.41) is 16.6. The molecule has 1 amide bonds. The first-order chi connectivity index (χ1) is 17.5. The average Bonchev–Trinajstić information content (AvgIpc) is 2.89. The van der Waals surface area contributed by atoms with Crippen molar-refractivity contribution in [1.82, 2.24) is 5.32 Å². The molecular formula is C31H28LiNO3S. The van der Waals surface area contributed by atoms with Gasteiger partial charge in [-0.05, 0) is 76.1 Å². The van der Waals surface area contributed by atoms with Gasteiger partial charge in [-0.25, -0.2) is 0 Å². The molecule has 0 saturated carbocycles. The SMILES string of the molecule is CSCC[C@H](NC(=O)c1ccc(C=Cc2cccc3ccccc23)cc1-c1ccccc1C)C(=O)[O-].[Li+]. The number of fused-ring (bicyclic) bond motifs is 1. The van der Waals surface area contributed by atoms with Crippen LogP contribution in [0.15, 0.2) is 84.9 Å². The van der Waals surface area contributed by atoms with Crippen LogP contribution in [0.2, 0.25) is 0 Å². The topological polar surface area (TPSA) is 69.2 Å². The number of hydrogen-bond donors (Lipinski definition) is 1. The summed E-state index contributed by atoms with van der Waals surface area (Å²) in [4.78, 5) is 24.8. The van der Waals surface area contributed by atoms with Gasteiger partial charge in [-0.2, -0.15) is 11.8 Å². The Kier molecular flexibility index (Phi) is 10.2. The average molecular weight is 502 g/mol. The normalized spacial score (nSPS) is 11.7. The summed E-state index contributed by atoms with van der Waals surface area (Å²) in [6.07, 6.45) is 6.32. The van der Waals surface area contributed by atoms with Crippen LogP contribution in [0.1, 0.15) is 33.5 Å². The van der Waals surface area contributed by atoms with E-state index in [9.17, 15) is 14.7 Å². The van der Waals surface area contributed by atoms with Crippen molar-refractivity contribution in [2.24, 2.45) is 0 Å². The van der Waals surface area contributed by atoms with E-state index in [1.54, 1.807) is 6.07 Å². The molecule has 4 rings (SSSR count). The fourth-order valence-electron chi connectivity index (χ4n) is 4.26. The third-order valence-electron chi connectivity index (χ3n) is 6.20. The maximum atomic E-state index is 13.2. The smallest absolute Gasteiger partial charge is 0.548 e. The van der Waals surface area contributed by atoms with Gasteiger partial charge in [0.25, 0.3) is 5.91 Å². The Morgan fingerprint density at radius 1 is 0.919 bits per heavy atom. The molecule has 0 spiro atoms.